The van der Waals surface area contributed by atoms with Crippen LogP contribution in [0.15, 0.2) is 47.1 Å². The second-order valence-corrected chi connectivity index (χ2v) is 7.05. The van der Waals surface area contributed by atoms with Crippen LogP contribution in [-0.2, 0) is 9.59 Å². The highest BCUT2D eigenvalue weighted by Crippen LogP contribution is 2.39. The van der Waals surface area contributed by atoms with Gasteiger partial charge in [-0.25, -0.2) is 0 Å². The molecule has 0 saturated carbocycles. The van der Waals surface area contributed by atoms with Gasteiger partial charge in [0.15, 0.2) is 5.78 Å². The molecule has 0 spiro atoms. The van der Waals surface area contributed by atoms with Crippen molar-refractivity contribution in [3.8, 4) is 0 Å². The van der Waals surface area contributed by atoms with Crippen molar-refractivity contribution in [1.29, 1.82) is 0 Å². The zero-order valence-electron chi connectivity index (χ0n) is 14.8. The second kappa shape index (κ2) is 8.09. The van der Waals surface area contributed by atoms with Crippen LogP contribution in [0.3, 0.4) is 0 Å². The molecular formula is C20H28O3. The number of rotatable bonds is 6. The molecule has 3 heteroatoms. The molecule has 0 aromatic rings. The summed E-state index contributed by atoms with van der Waals surface area (Å²) in [5.74, 6) is -0.525. The number of carbonyl (C=O) groups is 2. The smallest absolute Gasteiger partial charge is 0.303 e. The lowest BCUT2D eigenvalue weighted by Crippen LogP contribution is -2.24. The summed E-state index contributed by atoms with van der Waals surface area (Å²) in [6.07, 6.45) is 11.5. The van der Waals surface area contributed by atoms with Gasteiger partial charge >= 0.3 is 5.97 Å². The van der Waals surface area contributed by atoms with E-state index in [9.17, 15) is 9.59 Å². The number of ketones is 1. The van der Waals surface area contributed by atoms with Crippen molar-refractivity contribution in [2.45, 2.75) is 53.9 Å². The Bertz CT molecular complexity index is 586. The molecule has 1 unspecified atom stereocenters. The van der Waals surface area contributed by atoms with Gasteiger partial charge in [0.2, 0.25) is 0 Å². The third-order valence-corrected chi connectivity index (χ3v) is 4.34. The fourth-order valence-electron chi connectivity index (χ4n) is 2.77. The molecule has 1 atom stereocenters. The third-order valence-electron chi connectivity index (χ3n) is 4.34. The minimum absolute atomic E-state index is 0.0142. The topological polar surface area (TPSA) is 54.4 Å². The first-order valence-corrected chi connectivity index (χ1v) is 8.13. The number of hydrogen-bond acceptors (Lipinski definition) is 2. The van der Waals surface area contributed by atoms with Gasteiger partial charge in [0.1, 0.15) is 0 Å². The Kier molecular flexibility index (Phi) is 6.74. The Balaban J connectivity index is 2.81. The van der Waals surface area contributed by atoms with Crippen molar-refractivity contribution in [3.05, 3.63) is 47.1 Å². The van der Waals surface area contributed by atoms with Gasteiger partial charge in [0.05, 0.1) is 6.42 Å². The fraction of sp³-hybridized carbons (Fsp3) is 0.500. The van der Waals surface area contributed by atoms with Gasteiger partial charge in [0, 0.05) is 6.42 Å². The lowest BCUT2D eigenvalue weighted by Gasteiger charge is -2.32. The van der Waals surface area contributed by atoms with Crippen LogP contribution < -0.4 is 0 Å². The first-order chi connectivity index (χ1) is 10.6. The molecule has 1 aliphatic carbocycles. The van der Waals surface area contributed by atoms with E-state index in [1.807, 2.05) is 51.2 Å². The maximum absolute atomic E-state index is 11.9. The summed E-state index contributed by atoms with van der Waals surface area (Å²) in [7, 11) is 0. The summed E-state index contributed by atoms with van der Waals surface area (Å²) in [5.41, 5.74) is 3.08. The first kappa shape index (κ1) is 19.1. The van der Waals surface area contributed by atoms with Crippen molar-refractivity contribution in [2.24, 2.45) is 11.3 Å². The quantitative estimate of drug-likeness (QED) is 0.712. The van der Waals surface area contributed by atoms with E-state index in [2.05, 4.69) is 13.8 Å². The standard InChI is InChI=1S/C20H28O3/c1-14(7-6-8-15(2)13-19(22)23)9-10-17-16(3)18(21)11-12-20(17,4)5/h6-10,15H,11-13H2,1-5H3,(H,22,23)/b8-6+,10-9+,14-7+. The van der Waals surface area contributed by atoms with Crippen molar-refractivity contribution < 1.29 is 14.7 Å². The summed E-state index contributed by atoms with van der Waals surface area (Å²) in [4.78, 5) is 22.5. The molecule has 1 aliphatic rings. The van der Waals surface area contributed by atoms with E-state index < -0.39 is 5.97 Å². The molecule has 0 heterocycles. The Hall–Kier alpha value is -1.90. The SMILES string of the molecule is CC1=C(/C=C/C(C)=C/C=C/C(C)CC(=O)O)C(C)(C)CCC1=O. The zero-order valence-corrected chi connectivity index (χ0v) is 14.8. The maximum atomic E-state index is 11.9. The van der Waals surface area contributed by atoms with E-state index in [1.54, 1.807) is 0 Å². The van der Waals surface area contributed by atoms with E-state index in [0.29, 0.717) is 6.42 Å². The van der Waals surface area contributed by atoms with E-state index in [1.165, 1.54) is 0 Å². The molecule has 0 aromatic heterocycles. The molecule has 1 rings (SSSR count). The molecular weight excluding hydrogens is 288 g/mol. The van der Waals surface area contributed by atoms with Gasteiger partial charge in [-0.3, -0.25) is 9.59 Å². The van der Waals surface area contributed by atoms with Gasteiger partial charge in [-0.05, 0) is 42.7 Å². The highest BCUT2D eigenvalue weighted by Gasteiger charge is 2.30. The Morgan fingerprint density at radius 2 is 2.04 bits per heavy atom. The van der Waals surface area contributed by atoms with E-state index >= 15 is 0 Å². The molecule has 0 aromatic carbocycles. The molecule has 0 bridgehead atoms. The summed E-state index contributed by atoms with van der Waals surface area (Å²) >= 11 is 0. The minimum atomic E-state index is -0.783. The molecule has 126 valence electrons. The summed E-state index contributed by atoms with van der Waals surface area (Å²) in [6, 6.07) is 0. The largest absolute Gasteiger partial charge is 0.481 e. The van der Waals surface area contributed by atoms with Crippen molar-refractivity contribution in [1.82, 2.24) is 0 Å². The lowest BCUT2D eigenvalue weighted by atomic mass is 9.72. The van der Waals surface area contributed by atoms with Crippen molar-refractivity contribution in [3.63, 3.8) is 0 Å². The number of carboxylic acids is 1. The molecule has 0 amide bonds. The van der Waals surface area contributed by atoms with E-state index in [-0.39, 0.29) is 23.5 Å². The maximum Gasteiger partial charge on any atom is 0.303 e. The predicted octanol–water partition coefficient (Wildman–Crippen LogP) is 4.86. The van der Waals surface area contributed by atoms with Crippen LogP contribution in [0.4, 0.5) is 0 Å². The highest BCUT2D eigenvalue weighted by molar-refractivity contribution is 5.97. The first-order valence-electron chi connectivity index (χ1n) is 8.13. The molecule has 23 heavy (non-hydrogen) atoms. The predicted molar refractivity (Wildman–Crippen MR) is 94.2 cm³/mol. The molecule has 0 fully saturated rings. The van der Waals surface area contributed by atoms with Gasteiger partial charge in [-0.15, -0.1) is 0 Å². The van der Waals surface area contributed by atoms with Gasteiger partial charge in [0.25, 0.3) is 0 Å². The fourth-order valence-corrected chi connectivity index (χ4v) is 2.77. The van der Waals surface area contributed by atoms with Crippen molar-refractivity contribution in [2.75, 3.05) is 0 Å². The number of Topliss-reactive ketones (excluding diaryl/α,β-unsaturated/α-hetero) is 1. The van der Waals surface area contributed by atoms with Crippen LogP contribution in [0.1, 0.15) is 53.9 Å². The van der Waals surface area contributed by atoms with Crippen LogP contribution in [0.25, 0.3) is 0 Å². The van der Waals surface area contributed by atoms with E-state index in [0.717, 1.165) is 23.1 Å². The molecule has 1 N–H and O–H groups in total. The van der Waals surface area contributed by atoms with E-state index in [4.69, 9.17) is 5.11 Å². The average molecular weight is 316 g/mol. The Labute approximate surface area is 139 Å². The molecule has 0 aliphatic heterocycles. The second-order valence-electron chi connectivity index (χ2n) is 7.05. The minimum Gasteiger partial charge on any atom is -0.481 e. The lowest BCUT2D eigenvalue weighted by molar-refractivity contribution is -0.137. The third kappa shape index (κ3) is 6.01. The molecule has 0 radical (unpaired) electrons. The number of allylic oxidation sites excluding steroid dienone is 8. The highest BCUT2D eigenvalue weighted by atomic mass is 16.4. The van der Waals surface area contributed by atoms with Gasteiger partial charge in [-0.1, -0.05) is 56.7 Å². The monoisotopic (exact) mass is 316 g/mol. The summed E-state index contributed by atoms with van der Waals surface area (Å²) < 4.78 is 0. The van der Waals surface area contributed by atoms with Crippen molar-refractivity contribution >= 4 is 11.8 Å². The molecule has 0 saturated heterocycles. The normalized spacial score (nSPS) is 20.6. The average Bonchev–Trinajstić information content (AvgIpc) is 2.42. The number of carboxylic acid groups (broad SMARTS) is 1. The van der Waals surface area contributed by atoms with Crippen LogP contribution in [0.2, 0.25) is 0 Å². The zero-order chi connectivity index (χ0) is 17.6. The summed E-state index contributed by atoms with van der Waals surface area (Å²) in [6.45, 7) is 10.1. The molecule has 3 nitrogen and oxygen atoms in total. The van der Waals surface area contributed by atoms with Crippen LogP contribution in [0, 0.1) is 11.3 Å². The Morgan fingerprint density at radius 3 is 2.65 bits per heavy atom. The van der Waals surface area contributed by atoms with Crippen LogP contribution in [-0.4, -0.2) is 16.9 Å². The van der Waals surface area contributed by atoms with Gasteiger partial charge in [-0.2, -0.15) is 0 Å². The number of carbonyl (C=O) groups excluding carboxylic acids is 1. The summed E-state index contributed by atoms with van der Waals surface area (Å²) in [5, 5.41) is 8.72. The van der Waals surface area contributed by atoms with Gasteiger partial charge < -0.3 is 5.11 Å². The Morgan fingerprint density at radius 1 is 1.39 bits per heavy atom. The van der Waals surface area contributed by atoms with Crippen LogP contribution >= 0.6 is 0 Å². The van der Waals surface area contributed by atoms with Crippen LogP contribution in [0.5, 0.6) is 0 Å². The number of aliphatic carboxylic acids is 1. The number of hydrogen-bond donors (Lipinski definition) is 1.